The molecule has 1 saturated carbocycles. The van der Waals surface area contributed by atoms with Crippen molar-refractivity contribution in [2.24, 2.45) is 5.92 Å². The van der Waals surface area contributed by atoms with E-state index in [1.54, 1.807) is 12.1 Å². The van der Waals surface area contributed by atoms with Gasteiger partial charge in [0.2, 0.25) is 11.8 Å². The zero-order valence-corrected chi connectivity index (χ0v) is 17.1. The van der Waals surface area contributed by atoms with E-state index in [9.17, 15) is 14.4 Å². The first-order chi connectivity index (χ1) is 14.1. The van der Waals surface area contributed by atoms with Crippen molar-refractivity contribution in [2.45, 2.75) is 64.0 Å². The number of hydrogen-bond acceptors (Lipinski definition) is 4. The normalized spacial score (nSPS) is 21.9. The summed E-state index contributed by atoms with van der Waals surface area (Å²) in [5.41, 5.74) is 1.49. The van der Waals surface area contributed by atoms with Gasteiger partial charge in [-0.3, -0.25) is 19.3 Å². The standard InChI is InChI=1S/C23H31N3O3/c27-21-9-10-22(28)26(21)16-18-5-7-19(8-6-18)23(29)24-20-11-13-25(14-12-20)15-17-3-1-2-4-17/h5-8,17,20H,1-4,9-16H2,(H,24,29). The van der Waals surface area contributed by atoms with Gasteiger partial charge in [-0.05, 0) is 49.3 Å². The van der Waals surface area contributed by atoms with Crippen LogP contribution in [0.25, 0.3) is 0 Å². The van der Waals surface area contributed by atoms with Gasteiger partial charge in [-0.25, -0.2) is 0 Å². The molecule has 1 aliphatic carbocycles. The minimum absolute atomic E-state index is 0.0425. The Bertz CT molecular complexity index is 731. The highest BCUT2D eigenvalue weighted by Gasteiger charge is 2.29. The monoisotopic (exact) mass is 397 g/mol. The van der Waals surface area contributed by atoms with Crippen LogP contribution in [0.15, 0.2) is 24.3 Å². The molecule has 2 heterocycles. The third-order valence-electron chi connectivity index (χ3n) is 6.63. The molecule has 1 aromatic rings. The van der Waals surface area contributed by atoms with E-state index in [4.69, 9.17) is 0 Å². The highest BCUT2D eigenvalue weighted by Crippen LogP contribution is 2.26. The predicted molar refractivity (Wildman–Crippen MR) is 110 cm³/mol. The lowest BCUT2D eigenvalue weighted by Gasteiger charge is -2.33. The Kier molecular flexibility index (Phi) is 6.28. The number of carbonyl (C=O) groups excluding carboxylic acids is 3. The van der Waals surface area contributed by atoms with Crippen LogP contribution in [0.3, 0.4) is 0 Å². The van der Waals surface area contributed by atoms with Gasteiger partial charge in [-0.2, -0.15) is 0 Å². The molecule has 0 unspecified atom stereocenters. The number of nitrogens with one attached hydrogen (secondary N) is 1. The molecule has 3 fully saturated rings. The van der Waals surface area contributed by atoms with Gasteiger partial charge >= 0.3 is 0 Å². The fourth-order valence-electron chi connectivity index (χ4n) is 4.83. The Balaban J connectivity index is 1.23. The first kappa shape index (κ1) is 20.1. The lowest BCUT2D eigenvalue weighted by Crippen LogP contribution is -2.45. The molecular formula is C23H31N3O3. The van der Waals surface area contributed by atoms with Crippen LogP contribution in [0.5, 0.6) is 0 Å². The molecule has 0 bridgehead atoms. The van der Waals surface area contributed by atoms with E-state index in [0.29, 0.717) is 24.9 Å². The van der Waals surface area contributed by atoms with E-state index in [1.807, 2.05) is 12.1 Å². The number of piperidine rings is 1. The minimum Gasteiger partial charge on any atom is -0.349 e. The molecule has 6 nitrogen and oxygen atoms in total. The number of hydrogen-bond donors (Lipinski definition) is 1. The Morgan fingerprint density at radius 1 is 0.931 bits per heavy atom. The van der Waals surface area contributed by atoms with E-state index >= 15 is 0 Å². The zero-order valence-electron chi connectivity index (χ0n) is 17.1. The Labute approximate surface area is 172 Å². The van der Waals surface area contributed by atoms with Crippen molar-refractivity contribution in [3.05, 3.63) is 35.4 Å². The molecule has 0 atom stereocenters. The molecule has 4 rings (SSSR count). The molecule has 0 spiro atoms. The van der Waals surface area contributed by atoms with Gasteiger partial charge in [-0.15, -0.1) is 0 Å². The number of amides is 3. The quantitative estimate of drug-likeness (QED) is 0.750. The summed E-state index contributed by atoms with van der Waals surface area (Å²) in [6.07, 6.45) is 8.17. The number of carbonyl (C=O) groups is 3. The van der Waals surface area contributed by atoms with Crippen molar-refractivity contribution in [1.82, 2.24) is 15.1 Å². The second-order valence-corrected chi connectivity index (χ2v) is 8.77. The van der Waals surface area contributed by atoms with Gasteiger partial charge < -0.3 is 10.2 Å². The van der Waals surface area contributed by atoms with Crippen LogP contribution in [-0.2, 0) is 16.1 Å². The maximum atomic E-state index is 12.6. The van der Waals surface area contributed by atoms with E-state index in [-0.39, 0.29) is 23.8 Å². The van der Waals surface area contributed by atoms with Crippen molar-refractivity contribution in [3.63, 3.8) is 0 Å². The van der Waals surface area contributed by atoms with Crippen LogP contribution >= 0.6 is 0 Å². The van der Waals surface area contributed by atoms with Crippen molar-refractivity contribution in [1.29, 1.82) is 0 Å². The van der Waals surface area contributed by atoms with Gasteiger partial charge in [0.05, 0.1) is 6.54 Å². The van der Waals surface area contributed by atoms with Crippen molar-refractivity contribution >= 4 is 17.7 Å². The Morgan fingerprint density at radius 2 is 1.55 bits per heavy atom. The summed E-state index contributed by atoms with van der Waals surface area (Å²) in [7, 11) is 0. The van der Waals surface area contributed by atoms with Crippen LogP contribution in [0.2, 0.25) is 0 Å². The summed E-state index contributed by atoms with van der Waals surface area (Å²) >= 11 is 0. The lowest BCUT2D eigenvalue weighted by molar-refractivity contribution is -0.139. The van der Waals surface area contributed by atoms with Gasteiger partial charge in [-0.1, -0.05) is 25.0 Å². The molecule has 0 radical (unpaired) electrons. The fraction of sp³-hybridized carbons (Fsp3) is 0.609. The van der Waals surface area contributed by atoms with Crippen LogP contribution in [0.4, 0.5) is 0 Å². The summed E-state index contributed by atoms with van der Waals surface area (Å²) in [4.78, 5) is 39.9. The molecule has 2 aliphatic heterocycles. The largest absolute Gasteiger partial charge is 0.349 e. The average Bonchev–Trinajstić information content (AvgIpc) is 3.35. The first-order valence-electron chi connectivity index (χ1n) is 11.0. The van der Waals surface area contributed by atoms with Gasteiger partial charge in [0.15, 0.2) is 0 Å². The lowest BCUT2D eigenvalue weighted by atomic mass is 10.0. The van der Waals surface area contributed by atoms with Crippen LogP contribution < -0.4 is 5.32 Å². The number of rotatable bonds is 6. The van der Waals surface area contributed by atoms with Crippen molar-refractivity contribution in [2.75, 3.05) is 19.6 Å². The zero-order chi connectivity index (χ0) is 20.2. The topological polar surface area (TPSA) is 69.7 Å². The molecule has 156 valence electrons. The summed E-state index contributed by atoms with van der Waals surface area (Å²) in [6.45, 7) is 3.65. The van der Waals surface area contributed by atoms with E-state index in [0.717, 1.165) is 37.4 Å². The number of benzene rings is 1. The summed E-state index contributed by atoms with van der Waals surface area (Å²) in [5.74, 6) is 0.608. The minimum atomic E-state index is -0.115. The molecule has 2 saturated heterocycles. The van der Waals surface area contributed by atoms with Crippen LogP contribution in [-0.4, -0.2) is 53.2 Å². The molecule has 29 heavy (non-hydrogen) atoms. The van der Waals surface area contributed by atoms with Crippen molar-refractivity contribution < 1.29 is 14.4 Å². The molecule has 0 aromatic heterocycles. The summed E-state index contributed by atoms with van der Waals surface area (Å²) in [6, 6.07) is 7.47. The third-order valence-corrected chi connectivity index (χ3v) is 6.63. The average molecular weight is 398 g/mol. The van der Waals surface area contributed by atoms with Crippen molar-refractivity contribution in [3.8, 4) is 0 Å². The Hall–Kier alpha value is -2.21. The van der Waals surface area contributed by atoms with Crippen LogP contribution in [0.1, 0.15) is 67.3 Å². The predicted octanol–water partition coefficient (Wildman–Crippen LogP) is 2.72. The van der Waals surface area contributed by atoms with Gasteiger partial charge in [0, 0.05) is 44.1 Å². The summed E-state index contributed by atoms with van der Waals surface area (Å²) in [5, 5.41) is 3.17. The molecule has 3 aliphatic rings. The van der Waals surface area contributed by atoms with Crippen LogP contribution in [0, 0.1) is 5.92 Å². The molecule has 6 heteroatoms. The second-order valence-electron chi connectivity index (χ2n) is 8.77. The maximum Gasteiger partial charge on any atom is 0.251 e. The molecule has 3 amide bonds. The SMILES string of the molecule is O=C(NC1CCN(CC2CCCC2)CC1)c1ccc(CN2C(=O)CCC2=O)cc1. The number of imide groups is 1. The van der Waals surface area contributed by atoms with E-state index in [1.165, 1.54) is 37.1 Å². The number of nitrogens with zero attached hydrogens (tertiary/aromatic N) is 2. The van der Waals surface area contributed by atoms with Gasteiger partial charge in [0.1, 0.15) is 0 Å². The first-order valence-corrected chi connectivity index (χ1v) is 11.0. The molecule has 1 N–H and O–H groups in total. The number of likely N-dealkylation sites (tertiary alicyclic amines) is 2. The maximum absolute atomic E-state index is 12.6. The molecular weight excluding hydrogens is 366 g/mol. The third kappa shape index (κ3) is 5.04. The van der Waals surface area contributed by atoms with Gasteiger partial charge in [0.25, 0.3) is 5.91 Å². The molecule has 1 aromatic carbocycles. The fourth-order valence-corrected chi connectivity index (χ4v) is 4.83. The van der Waals surface area contributed by atoms with E-state index < -0.39 is 0 Å². The summed E-state index contributed by atoms with van der Waals surface area (Å²) < 4.78 is 0. The highest BCUT2D eigenvalue weighted by molar-refractivity contribution is 6.01. The second kappa shape index (κ2) is 9.08. The Morgan fingerprint density at radius 3 is 2.17 bits per heavy atom. The smallest absolute Gasteiger partial charge is 0.251 e. The highest BCUT2D eigenvalue weighted by atomic mass is 16.2. The van der Waals surface area contributed by atoms with E-state index in [2.05, 4.69) is 10.2 Å².